The number of rotatable bonds is 2. The third kappa shape index (κ3) is 4.85. The zero-order chi connectivity index (χ0) is 16.8. The average molecular weight is 371 g/mol. The first-order valence-corrected chi connectivity index (χ1v) is 8.39. The van der Waals surface area contributed by atoms with E-state index < -0.39 is 0 Å². The van der Waals surface area contributed by atoms with Gasteiger partial charge in [-0.2, -0.15) is 0 Å². The molecular formula is C19H28O4V. The molecule has 1 saturated carbocycles. The van der Waals surface area contributed by atoms with Gasteiger partial charge in [0.05, 0.1) is 25.7 Å². The molecule has 1 aromatic rings. The summed E-state index contributed by atoms with van der Waals surface area (Å²) in [6.07, 6.45) is 4.58. The van der Waals surface area contributed by atoms with Crippen molar-refractivity contribution >= 4 is 5.97 Å². The summed E-state index contributed by atoms with van der Waals surface area (Å²) in [5, 5.41) is 7.00. The van der Waals surface area contributed by atoms with Gasteiger partial charge in [-0.15, -0.1) is 0 Å². The van der Waals surface area contributed by atoms with Crippen LogP contribution in [-0.4, -0.2) is 38.0 Å². The average Bonchev–Trinajstić information content (AvgIpc) is 2.58. The molecule has 1 aliphatic carbocycles. The fourth-order valence-corrected chi connectivity index (χ4v) is 3.89. The van der Waals surface area contributed by atoms with Crippen molar-refractivity contribution in [1.82, 2.24) is 0 Å². The van der Waals surface area contributed by atoms with E-state index in [0.29, 0.717) is 18.6 Å². The van der Waals surface area contributed by atoms with E-state index in [2.05, 4.69) is 31.2 Å². The van der Waals surface area contributed by atoms with E-state index in [1.807, 2.05) is 0 Å². The molecule has 0 amide bonds. The Labute approximate surface area is 156 Å². The molecule has 3 aliphatic rings. The van der Waals surface area contributed by atoms with Gasteiger partial charge in [0.2, 0.25) is 0 Å². The van der Waals surface area contributed by atoms with E-state index in [1.54, 1.807) is 0 Å². The Hall–Kier alpha value is -0.806. The number of esters is 1. The van der Waals surface area contributed by atoms with E-state index in [9.17, 15) is 4.79 Å². The van der Waals surface area contributed by atoms with E-state index in [1.165, 1.54) is 18.2 Å². The van der Waals surface area contributed by atoms with Gasteiger partial charge in [0.25, 0.3) is 0 Å². The molecule has 1 N–H and O–H groups in total. The normalized spacial score (nSPS) is 28.5. The van der Waals surface area contributed by atoms with Crippen LogP contribution in [0.25, 0.3) is 0 Å². The van der Waals surface area contributed by atoms with E-state index in [4.69, 9.17) is 14.6 Å². The minimum Gasteiger partial charge on any atom is -0.469 e. The first-order chi connectivity index (χ1) is 11.2. The number of aryl methyl sites for hydroxylation is 1. The zero-order valence-electron chi connectivity index (χ0n) is 14.8. The predicted molar refractivity (Wildman–Crippen MR) is 89.3 cm³/mol. The second kappa shape index (κ2) is 10.2. The van der Waals surface area contributed by atoms with Crippen LogP contribution in [0.2, 0.25) is 0 Å². The van der Waals surface area contributed by atoms with Crippen LogP contribution in [0.4, 0.5) is 0 Å². The van der Waals surface area contributed by atoms with Crippen LogP contribution in [0.5, 0.6) is 0 Å². The number of hydrogen-bond acceptors (Lipinski definition) is 4. The van der Waals surface area contributed by atoms with Gasteiger partial charge in [-0.25, -0.2) is 0 Å². The molecule has 1 aromatic carbocycles. The summed E-state index contributed by atoms with van der Waals surface area (Å²) < 4.78 is 11.0. The fourth-order valence-electron chi connectivity index (χ4n) is 3.89. The number of fused-ring (bicyclic) bond motifs is 5. The molecule has 3 fully saturated rings. The summed E-state index contributed by atoms with van der Waals surface area (Å²) in [5.74, 6) is 0.406. The van der Waals surface area contributed by atoms with Crippen LogP contribution in [-0.2, 0) is 32.8 Å². The Morgan fingerprint density at radius 2 is 1.75 bits per heavy atom. The first-order valence-electron chi connectivity index (χ1n) is 8.39. The SMILES string of the molecule is CO.COC(=O)C1C2CCC(CCC1c1ccc(C)cc1)OC2.[V]. The minimum absolute atomic E-state index is 0. The Bertz CT molecular complexity index is 495. The molecule has 4 atom stereocenters. The molecule has 4 unspecified atom stereocenters. The molecule has 2 bridgehead atoms. The third-order valence-corrected chi connectivity index (χ3v) is 5.13. The molecule has 24 heavy (non-hydrogen) atoms. The summed E-state index contributed by atoms with van der Waals surface area (Å²) in [6, 6.07) is 8.62. The summed E-state index contributed by atoms with van der Waals surface area (Å²) in [6.45, 7) is 2.79. The largest absolute Gasteiger partial charge is 0.469 e. The van der Waals surface area contributed by atoms with E-state index in [0.717, 1.165) is 32.8 Å². The molecular weight excluding hydrogens is 343 g/mol. The smallest absolute Gasteiger partial charge is 0.309 e. The number of carbonyl (C=O) groups excluding carboxylic acids is 1. The summed E-state index contributed by atoms with van der Waals surface area (Å²) in [5.41, 5.74) is 2.52. The molecule has 0 aromatic heterocycles. The van der Waals surface area contributed by atoms with Gasteiger partial charge in [0.15, 0.2) is 0 Å². The summed E-state index contributed by atoms with van der Waals surface area (Å²) >= 11 is 0. The number of methoxy groups -OCH3 is 1. The topological polar surface area (TPSA) is 55.8 Å². The van der Waals surface area contributed by atoms with Crippen molar-refractivity contribution in [3.05, 3.63) is 35.4 Å². The molecule has 0 spiro atoms. The van der Waals surface area contributed by atoms with Crippen molar-refractivity contribution in [1.29, 1.82) is 0 Å². The van der Waals surface area contributed by atoms with Gasteiger partial charge in [-0.3, -0.25) is 4.79 Å². The molecule has 2 aliphatic heterocycles. The number of carbonyl (C=O) groups is 1. The van der Waals surface area contributed by atoms with Crippen LogP contribution in [0.1, 0.15) is 42.7 Å². The van der Waals surface area contributed by atoms with Crippen LogP contribution in [0, 0.1) is 18.8 Å². The quantitative estimate of drug-likeness (QED) is 0.812. The van der Waals surface area contributed by atoms with Crippen molar-refractivity contribution in [2.45, 2.75) is 44.6 Å². The fraction of sp³-hybridized carbons (Fsp3) is 0.632. The number of benzene rings is 1. The Kier molecular flexibility index (Phi) is 9.07. The zero-order valence-corrected chi connectivity index (χ0v) is 16.2. The molecule has 4 nitrogen and oxygen atoms in total. The molecule has 2 saturated heterocycles. The maximum absolute atomic E-state index is 12.4. The van der Waals surface area contributed by atoms with Crippen molar-refractivity contribution in [2.24, 2.45) is 11.8 Å². The van der Waals surface area contributed by atoms with Crippen molar-refractivity contribution in [3.63, 3.8) is 0 Å². The van der Waals surface area contributed by atoms with Gasteiger partial charge in [0.1, 0.15) is 0 Å². The molecule has 133 valence electrons. The van der Waals surface area contributed by atoms with E-state index in [-0.39, 0.29) is 36.4 Å². The Morgan fingerprint density at radius 3 is 2.29 bits per heavy atom. The number of ether oxygens (including phenoxy) is 2. The first kappa shape index (κ1) is 21.2. The van der Waals surface area contributed by atoms with Crippen LogP contribution < -0.4 is 0 Å². The monoisotopic (exact) mass is 371 g/mol. The van der Waals surface area contributed by atoms with Gasteiger partial charge >= 0.3 is 5.97 Å². The second-order valence-corrected chi connectivity index (χ2v) is 6.44. The molecule has 5 heteroatoms. The Morgan fingerprint density at radius 1 is 1.12 bits per heavy atom. The summed E-state index contributed by atoms with van der Waals surface area (Å²) in [7, 11) is 2.50. The van der Waals surface area contributed by atoms with Crippen LogP contribution in [0.3, 0.4) is 0 Å². The van der Waals surface area contributed by atoms with Crippen LogP contribution >= 0.6 is 0 Å². The molecule has 2 heterocycles. The van der Waals surface area contributed by atoms with Gasteiger partial charge in [0, 0.05) is 25.7 Å². The minimum atomic E-state index is -0.0745. The number of aliphatic hydroxyl groups is 1. The maximum atomic E-state index is 12.4. The van der Waals surface area contributed by atoms with Gasteiger partial charge in [-0.1, -0.05) is 29.8 Å². The second-order valence-electron chi connectivity index (χ2n) is 6.44. The molecule has 4 rings (SSSR count). The molecule has 1 radical (unpaired) electrons. The Balaban J connectivity index is 0.000000925. The number of hydrogen-bond donors (Lipinski definition) is 1. The number of aliphatic hydroxyl groups excluding tert-OH is 1. The van der Waals surface area contributed by atoms with Crippen molar-refractivity contribution in [3.8, 4) is 0 Å². The van der Waals surface area contributed by atoms with Gasteiger partial charge in [-0.05, 0) is 50.0 Å². The predicted octanol–water partition coefficient (Wildman–Crippen LogP) is 3.06. The van der Waals surface area contributed by atoms with E-state index >= 15 is 0 Å². The third-order valence-electron chi connectivity index (χ3n) is 5.13. The maximum Gasteiger partial charge on any atom is 0.309 e. The van der Waals surface area contributed by atoms with Crippen molar-refractivity contribution in [2.75, 3.05) is 20.8 Å². The van der Waals surface area contributed by atoms with Gasteiger partial charge < -0.3 is 14.6 Å². The standard InChI is InChI=1S/C18H24O3.CH4O.V/c1-12-3-5-13(6-4-12)16-10-9-15-8-7-14(11-21-15)17(16)18(19)20-2;1-2;/h3-6,14-17H,7-11H2,1-2H3;2H,1H3;. The summed E-state index contributed by atoms with van der Waals surface area (Å²) in [4.78, 5) is 12.4. The van der Waals surface area contributed by atoms with Crippen molar-refractivity contribution < 1.29 is 37.9 Å². The van der Waals surface area contributed by atoms with Crippen LogP contribution in [0.15, 0.2) is 24.3 Å².